The summed E-state index contributed by atoms with van der Waals surface area (Å²) < 4.78 is 0.582. The van der Waals surface area contributed by atoms with E-state index in [4.69, 9.17) is 15.7 Å². The van der Waals surface area contributed by atoms with Gasteiger partial charge in [0, 0.05) is 12.1 Å². The molecule has 0 aliphatic rings. The molecule has 0 radical (unpaired) electrons. The molecular formula is C13H14N2O5. The van der Waals surface area contributed by atoms with Crippen LogP contribution < -0.4 is 10.6 Å². The molecule has 1 heterocycles. The number of rotatable bonds is 4. The number of carbonyl (C=O) groups is 1. The van der Waals surface area contributed by atoms with E-state index in [-0.39, 0.29) is 12.2 Å². The Balaban J connectivity index is 2.00. The summed E-state index contributed by atoms with van der Waals surface area (Å²) in [6.45, 7) is 0. The lowest BCUT2D eigenvalue weighted by atomic mass is 10.1. The monoisotopic (exact) mass is 278 g/mol. The molecule has 7 heteroatoms. The summed E-state index contributed by atoms with van der Waals surface area (Å²) in [7, 11) is 0. The fourth-order valence-electron chi connectivity index (χ4n) is 1.62. The Morgan fingerprint density at radius 3 is 2.20 bits per heavy atom. The van der Waals surface area contributed by atoms with Gasteiger partial charge in [0.1, 0.15) is 11.8 Å². The topological polar surface area (TPSA) is 118 Å². The zero-order valence-electron chi connectivity index (χ0n) is 10.4. The second kappa shape index (κ2) is 5.54. The van der Waals surface area contributed by atoms with Gasteiger partial charge in [-0.25, -0.2) is 4.79 Å². The third kappa shape index (κ3) is 3.01. The minimum atomic E-state index is -0.972. The van der Waals surface area contributed by atoms with Gasteiger partial charge in [-0.1, -0.05) is 12.1 Å². The highest BCUT2D eigenvalue weighted by molar-refractivity contribution is 5.76. The molecule has 0 bridgehead atoms. The van der Waals surface area contributed by atoms with Gasteiger partial charge in [0.05, 0.1) is 0 Å². The van der Waals surface area contributed by atoms with Crippen molar-refractivity contribution in [1.29, 1.82) is 0 Å². The lowest BCUT2D eigenvalue weighted by Crippen LogP contribution is -2.39. The van der Waals surface area contributed by atoms with E-state index in [0.717, 1.165) is 5.56 Å². The van der Waals surface area contributed by atoms with Crippen LogP contribution in [-0.2, 0) is 11.2 Å². The quantitative estimate of drug-likeness (QED) is 0.631. The Labute approximate surface area is 114 Å². The Morgan fingerprint density at radius 1 is 1.10 bits per heavy atom. The van der Waals surface area contributed by atoms with Crippen molar-refractivity contribution in [1.82, 2.24) is 4.73 Å². The molecule has 0 unspecified atom stereocenters. The maximum absolute atomic E-state index is 11.7. The summed E-state index contributed by atoms with van der Waals surface area (Å²) in [5, 5.41) is 27.8. The average Bonchev–Trinajstić information content (AvgIpc) is 2.73. The van der Waals surface area contributed by atoms with Gasteiger partial charge in [0.25, 0.3) is 0 Å². The second-order valence-electron chi connectivity index (χ2n) is 4.23. The van der Waals surface area contributed by atoms with E-state index in [1.807, 2.05) is 0 Å². The van der Waals surface area contributed by atoms with Crippen molar-refractivity contribution in [2.75, 3.05) is 0 Å². The number of aromatic nitrogens is 1. The van der Waals surface area contributed by atoms with Gasteiger partial charge >= 0.3 is 5.97 Å². The third-order valence-corrected chi connectivity index (χ3v) is 2.67. The number of nitrogens with zero attached hydrogens (tertiary/aromatic N) is 1. The number of nitrogens with two attached hydrogens (primary N) is 1. The molecule has 106 valence electrons. The van der Waals surface area contributed by atoms with Crippen LogP contribution in [0.25, 0.3) is 0 Å². The van der Waals surface area contributed by atoms with Crippen molar-refractivity contribution in [3.63, 3.8) is 0 Å². The first-order chi connectivity index (χ1) is 9.47. The number of aromatic hydroxyl groups is 3. The Morgan fingerprint density at radius 2 is 1.65 bits per heavy atom. The molecule has 1 aromatic heterocycles. The summed E-state index contributed by atoms with van der Waals surface area (Å²) in [4.78, 5) is 16.5. The van der Waals surface area contributed by atoms with Gasteiger partial charge in [0.15, 0.2) is 0 Å². The molecule has 2 rings (SSSR count). The lowest BCUT2D eigenvalue weighted by Gasteiger charge is -2.12. The molecule has 20 heavy (non-hydrogen) atoms. The molecule has 0 amide bonds. The maximum atomic E-state index is 11.7. The van der Waals surface area contributed by atoms with Gasteiger partial charge in [-0.3, -0.25) is 0 Å². The lowest BCUT2D eigenvalue weighted by molar-refractivity contribution is -0.147. The van der Waals surface area contributed by atoms with E-state index in [2.05, 4.69) is 0 Å². The molecule has 1 atom stereocenters. The summed E-state index contributed by atoms with van der Waals surface area (Å²) in [6, 6.07) is 7.61. The van der Waals surface area contributed by atoms with Crippen LogP contribution >= 0.6 is 0 Å². The minimum Gasteiger partial charge on any atom is -0.508 e. The van der Waals surface area contributed by atoms with E-state index in [0.29, 0.717) is 4.73 Å². The van der Waals surface area contributed by atoms with Crippen molar-refractivity contribution in [3.05, 3.63) is 42.0 Å². The first kappa shape index (κ1) is 13.8. The standard InChI is InChI=1S/C13H14N2O5/c14-10(7-8-1-3-9(16)4-2-8)13(19)20-15-11(17)5-6-12(15)18/h1-6,10,16-18H,7,14H2/t10-/m0/s1. The zero-order chi connectivity index (χ0) is 14.7. The number of phenols is 1. The van der Waals surface area contributed by atoms with Crippen LogP contribution in [0, 0.1) is 0 Å². The fourth-order valence-corrected chi connectivity index (χ4v) is 1.62. The molecule has 5 N–H and O–H groups in total. The minimum absolute atomic E-state index is 0.118. The summed E-state index contributed by atoms with van der Waals surface area (Å²) >= 11 is 0. The van der Waals surface area contributed by atoms with Crippen molar-refractivity contribution in [2.24, 2.45) is 5.73 Å². The smallest absolute Gasteiger partial charge is 0.350 e. The molecule has 0 aliphatic carbocycles. The van der Waals surface area contributed by atoms with Crippen LogP contribution in [-0.4, -0.2) is 32.1 Å². The van der Waals surface area contributed by atoms with Gasteiger partial charge in [-0.05, 0) is 24.1 Å². The van der Waals surface area contributed by atoms with Gasteiger partial charge < -0.3 is 25.9 Å². The Bertz CT molecular complexity index is 586. The van der Waals surface area contributed by atoms with Crippen LogP contribution in [0.5, 0.6) is 17.5 Å². The summed E-state index contributed by atoms with van der Waals surface area (Å²) in [5.74, 6) is -1.51. The van der Waals surface area contributed by atoms with E-state index >= 15 is 0 Å². The normalized spacial score (nSPS) is 12.1. The molecule has 0 saturated heterocycles. The highest BCUT2D eigenvalue weighted by Gasteiger charge is 2.19. The van der Waals surface area contributed by atoms with E-state index < -0.39 is 23.8 Å². The molecule has 1 aromatic carbocycles. The second-order valence-corrected chi connectivity index (χ2v) is 4.23. The molecular weight excluding hydrogens is 264 g/mol. The third-order valence-electron chi connectivity index (χ3n) is 2.67. The van der Waals surface area contributed by atoms with Crippen LogP contribution in [0.15, 0.2) is 36.4 Å². The predicted molar refractivity (Wildman–Crippen MR) is 69.1 cm³/mol. The summed E-state index contributed by atoms with van der Waals surface area (Å²) in [6.07, 6.45) is 0.196. The SMILES string of the molecule is N[C@@H](Cc1ccc(O)cc1)C(=O)On1c(O)ccc1O. The highest BCUT2D eigenvalue weighted by atomic mass is 16.7. The molecule has 0 saturated carbocycles. The van der Waals surface area contributed by atoms with Crippen LogP contribution in [0.3, 0.4) is 0 Å². The zero-order valence-corrected chi connectivity index (χ0v) is 10.4. The predicted octanol–water partition coefficient (Wildman–Crippen LogP) is 0.130. The highest BCUT2D eigenvalue weighted by Crippen LogP contribution is 2.19. The molecule has 0 fully saturated rings. The number of hydrogen-bond donors (Lipinski definition) is 4. The number of phenolic OH excluding ortho intramolecular Hbond substituents is 1. The molecule has 7 nitrogen and oxygen atoms in total. The van der Waals surface area contributed by atoms with Crippen LogP contribution in [0.1, 0.15) is 5.56 Å². The molecule has 0 aliphatic heterocycles. The Kier molecular flexibility index (Phi) is 3.81. The van der Waals surface area contributed by atoms with Crippen LogP contribution in [0.4, 0.5) is 0 Å². The number of benzene rings is 1. The van der Waals surface area contributed by atoms with E-state index in [9.17, 15) is 15.0 Å². The van der Waals surface area contributed by atoms with Crippen molar-refractivity contribution >= 4 is 5.97 Å². The van der Waals surface area contributed by atoms with Gasteiger partial charge in [-0.15, -0.1) is 4.73 Å². The van der Waals surface area contributed by atoms with Crippen molar-refractivity contribution < 1.29 is 25.0 Å². The maximum Gasteiger partial charge on any atom is 0.350 e. The van der Waals surface area contributed by atoms with Gasteiger partial charge in [-0.2, -0.15) is 0 Å². The van der Waals surface area contributed by atoms with Crippen molar-refractivity contribution in [2.45, 2.75) is 12.5 Å². The fraction of sp³-hybridized carbons (Fsp3) is 0.154. The van der Waals surface area contributed by atoms with Crippen molar-refractivity contribution in [3.8, 4) is 17.5 Å². The average molecular weight is 278 g/mol. The van der Waals surface area contributed by atoms with Crippen LogP contribution in [0.2, 0.25) is 0 Å². The number of carbonyl (C=O) groups excluding carboxylic acids is 1. The van der Waals surface area contributed by atoms with E-state index in [1.165, 1.54) is 24.3 Å². The van der Waals surface area contributed by atoms with Gasteiger partial charge in [0.2, 0.25) is 11.8 Å². The molecule has 2 aromatic rings. The Hall–Kier alpha value is -2.67. The number of hydrogen-bond acceptors (Lipinski definition) is 6. The largest absolute Gasteiger partial charge is 0.508 e. The summed E-state index contributed by atoms with van der Waals surface area (Å²) in [5.41, 5.74) is 6.43. The first-order valence-electron chi connectivity index (χ1n) is 5.82. The van der Waals surface area contributed by atoms with E-state index in [1.54, 1.807) is 12.1 Å². The first-order valence-corrected chi connectivity index (χ1v) is 5.82. The molecule has 0 spiro atoms.